The third-order valence-corrected chi connectivity index (χ3v) is 12.4. The van der Waals surface area contributed by atoms with Crippen molar-refractivity contribution in [2.45, 2.75) is 40.0 Å². The molecule has 0 unspecified atom stereocenters. The Bertz CT molecular complexity index is 3450. The van der Waals surface area contributed by atoms with Crippen molar-refractivity contribution in [1.82, 2.24) is 9.55 Å². The second-order valence-electron chi connectivity index (χ2n) is 18.1. The molecule has 3 heterocycles. The topological polar surface area (TPSA) is 33.5 Å². The van der Waals surface area contributed by atoms with Crippen LogP contribution in [0.3, 0.4) is 0 Å². The molecule has 0 atom stereocenters. The van der Waals surface area contributed by atoms with Gasteiger partial charge >= 0.3 is 0 Å². The maximum Gasteiger partial charge on any atom is 0.135 e. The Balaban J connectivity index is 0.00000525. The van der Waals surface area contributed by atoms with Gasteiger partial charge in [-0.2, -0.15) is 6.07 Å². The summed E-state index contributed by atoms with van der Waals surface area (Å²) in [6.07, 6.45) is 1.89. The molecule has 1 aliphatic heterocycles. The number of halogens is 1. The van der Waals surface area contributed by atoms with E-state index in [0.29, 0.717) is 11.5 Å². The third kappa shape index (κ3) is 8.21. The van der Waals surface area contributed by atoms with Crippen molar-refractivity contribution in [3.63, 3.8) is 0 Å². The fourth-order valence-electron chi connectivity index (χ4n) is 9.32. The summed E-state index contributed by atoms with van der Waals surface area (Å²) >= 11 is 0. The molecule has 0 spiro atoms. The van der Waals surface area contributed by atoms with Crippen LogP contribution in [0.2, 0.25) is 0 Å². The number of hydrogen-bond donors (Lipinski definition) is 0. The Kier molecular flexibility index (Phi) is 11.4. The summed E-state index contributed by atoms with van der Waals surface area (Å²) in [5, 5.41) is 2.18. The molecule has 8 aromatic carbocycles. The quantitative estimate of drug-likeness (QED) is 0.142. The standard InChI is InChI=1S/C60H46FN4O.Pt/c1-39-30-40(2)32-43(31-39)44-33-47(36-49(34-44)66-48-26-27-53-52-16-9-10-19-54(52)65(57(53)37-48)58-35-45(28-29-62-58)60(3,4)5)63-38-64(56-21-12-11-20-55(56)63)59-50(41-14-7-6-8-15-41)17-13-18-51(59)42-22-24-46(61)25-23-42;/h6-35,38H,1-5H3;/q-3;. The van der Waals surface area contributed by atoms with E-state index < -0.39 is 0 Å². The molecular formula is C60H46FN4OPt-3. The summed E-state index contributed by atoms with van der Waals surface area (Å²) in [6, 6.07) is 66.9. The number of rotatable bonds is 8. The Morgan fingerprint density at radius 3 is 1.96 bits per heavy atom. The van der Waals surface area contributed by atoms with E-state index in [1.54, 1.807) is 0 Å². The normalized spacial score (nSPS) is 12.4. The second-order valence-corrected chi connectivity index (χ2v) is 18.1. The SMILES string of the molecule is Cc1cc(C)cc(-c2cc(Oc3[c-]c4c(cc3)c3ccccc3n4-c3cc(C(C)(C)C)ccn3)[c-]c(N3[CH-]N(c4c(-c5ccccc5)cccc4-c4ccc(F)cc4)c4ccccc43)c2)c1.[Pt]. The molecule has 5 nitrogen and oxygen atoms in total. The average molecular weight is 1050 g/mol. The predicted octanol–water partition coefficient (Wildman–Crippen LogP) is 16.0. The average Bonchev–Trinajstić information content (AvgIpc) is 3.87. The van der Waals surface area contributed by atoms with Crippen LogP contribution in [0.15, 0.2) is 182 Å². The van der Waals surface area contributed by atoms with E-state index >= 15 is 0 Å². The zero-order chi connectivity index (χ0) is 45.1. The molecule has 0 N–H and O–H groups in total. The summed E-state index contributed by atoms with van der Waals surface area (Å²) in [7, 11) is 0. The number of aromatic nitrogens is 2. The fraction of sp³-hybridized carbons (Fsp3) is 0.100. The van der Waals surface area contributed by atoms with Crippen LogP contribution in [0.5, 0.6) is 11.5 Å². The molecule has 0 saturated heterocycles. The maximum atomic E-state index is 14.4. The summed E-state index contributed by atoms with van der Waals surface area (Å²) in [6.45, 7) is 13.1. The van der Waals surface area contributed by atoms with Crippen LogP contribution < -0.4 is 14.5 Å². The number of anilines is 4. The van der Waals surface area contributed by atoms with Crippen molar-refractivity contribution in [3.8, 4) is 50.7 Å². The van der Waals surface area contributed by atoms with Crippen LogP contribution in [0.4, 0.5) is 27.1 Å². The van der Waals surface area contributed by atoms with E-state index in [2.05, 4.69) is 207 Å². The molecule has 332 valence electrons. The van der Waals surface area contributed by atoms with Gasteiger partial charge in [0.15, 0.2) is 0 Å². The zero-order valence-corrected chi connectivity index (χ0v) is 40.1. The van der Waals surface area contributed by atoms with Gasteiger partial charge in [0.25, 0.3) is 0 Å². The number of para-hydroxylation sites is 4. The van der Waals surface area contributed by atoms with Gasteiger partial charge in [-0.25, -0.2) is 9.37 Å². The van der Waals surface area contributed by atoms with Gasteiger partial charge in [-0.05, 0) is 89.4 Å². The molecule has 0 radical (unpaired) electrons. The minimum absolute atomic E-state index is 0. The van der Waals surface area contributed by atoms with Gasteiger partial charge in [0.05, 0.1) is 0 Å². The summed E-state index contributed by atoms with van der Waals surface area (Å²) < 4.78 is 23.5. The first kappa shape index (κ1) is 43.6. The van der Waals surface area contributed by atoms with Crippen molar-refractivity contribution in [1.29, 1.82) is 0 Å². The largest absolute Gasteiger partial charge is 0.509 e. The first-order chi connectivity index (χ1) is 32.1. The fourth-order valence-corrected chi connectivity index (χ4v) is 9.32. The van der Waals surface area contributed by atoms with Crippen molar-refractivity contribution >= 4 is 44.6 Å². The van der Waals surface area contributed by atoms with Gasteiger partial charge in [-0.1, -0.05) is 147 Å². The van der Waals surface area contributed by atoms with Gasteiger partial charge in [0.1, 0.15) is 11.6 Å². The first-order valence-corrected chi connectivity index (χ1v) is 22.3. The molecule has 2 aromatic heterocycles. The molecule has 67 heavy (non-hydrogen) atoms. The number of benzene rings is 8. The van der Waals surface area contributed by atoms with E-state index in [9.17, 15) is 4.39 Å². The molecule has 11 rings (SSSR count). The number of ether oxygens (including phenoxy) is 1. The molecular weight excluding hydrogens is 1010 g/mol. The molecule has 0 saturated carbocycles. The smallest absolute Gasteiger partial charge is 0.135 e. The van der Waals surface area contributed by atoms with Crippen LogP contribution in [0.25, 0.3) is 61.0 Å². The Morgan fingerprint density at radius 1 is 0.567 bits per heavy atom. The van der Waals surface area contributed by atoms with Gasteiger partial charge in [-0.15, -0.1) is 53.6 Å². The van der Waals surface area contributed by atoms with Crippen LogP contribution in [0, 0.1) is 38.5 Å². The monoisotopic (exact) mass is 1050 g/mol. The third-order valence-electron chi connectivity index (χ3n) is 12.4. The molecule has 1 aliphatic rings. The maximum absolute atomic E-state index is 14.4. The van der Waals surface area contributed by atoms with E-state index in [0.717, 1.165) is 83.8 Å². The van der Waals surface area contributed by atoms with Crippen molar-refractivity contribution in [3.05, 3.63) is 223 Å². The zero-order valence-electron chi connectivity index (χ0n) is 37.8. The van der Waals surface area contributed by atoms with Crippen molar-refractivity contribution in [2.75, 3.05) is 9.80 Å². The predicted molar refractivity (Wildman–Crippen MR) is 269 cm³/mol. The minimum Gasteiger partial charge on any atom is -0.509 e. The van der Waals surface area contributed by atoms with Crippen LogP contribution in [-0.2, 0) is 26.5 Å². The van der Waals surface area contributed by atoms with Crippen LogP contribution >= 0.6 is 0 Å². The molecule has 0 fully saturated rings. The molecule has 0 amide bonds. The van der Waals surface area contributed by atoms with Crippen molar-refractivity contribution in [2.24, 2.45) is 0 Å². The number of hydrogen-bond acceptors (Lipinski definition) is 4. The van der Waals surface area contributed by atoms with Crippen LogP contribution in [-0.4, -0.2) is 9.55 Å². The summed E-state index contributed by atoms with van der Waals surface area (Å²) in [5.41, 5.74) is 15.3. The van der Waals surface area contributed by atoms with Crippen LogP contribution in [0.1, 0.15) is 37.5 Å². The molecule has 0 aliphatic carbocycles. The molecule has 10 aromatic rings. The number of pyridine rings is 1. The van der Waals surface area contributed by atoms with Gasteiger partial charge < -0.3 is 19.1 Å². The Morgan fingerprint density at radius 2 is 1.22 bits per heavy atom. The second kappa shape index (κ2) is 17.5. The van der Waals surface area contributed by atoms with Gasteiger partial charge in [0.2, 0.25) is 0 Å². The van der Waals surface area contributed by atoms with Gasteiger partial charge in [0, 0.05) is 72.5 Å². The number of fused-ring (bicyclic) bond motifs is 4. The van der Waals surface area contributed by atoms with E-state index in [4.69, 9.17) is 9.72 Å². The Labute approximate surface area is 406 Å². The first-order valence-electron chi connectivity index (χ1n) is 22.3. The molecule has 0 bridgehead atoms. The summed E-state index contributed by atoms with van der Waals surface area (Å²) in [5.74, 6) is 1.67. The summed E-state index contributed by atoms with van der Waals surface area (Å²) in [4.78, 5) is 9.32. The minimum atomic E-state index is -0.274. The Hall–Kier alpha value is -7.27. The molecule has 7 heteroatoms. The van der Waals surface area contributed by atoms with E-state index in [-0.39, 0.29) is 32.3 Å². The van der Waals surface area contributed by atoms with E-state index in [1.807, 2.05) is 30.5 Å². The number of nitrogens with zero attached hydrogens (tertiary/aromatic N) is 4. The van der Waals surface area contributed by atoms with Gasteiger partial charge in [-0.3, -0.25) is 0 Å². The number of aryl methyl sites for hydroxylation is 2. The van der Waals surface area contributed by atoms with Crippen molar-refractivity contribution < 1.29 is 30.2 Å². The van der Waals surface area contributed by atoms with E-state index in [1.165, 1.54) is 28.8 Å².